The lowest BCUT2D eigenvalue weighted by molar-refractivity contribution is -0.385. The van der Waals surface area contributed by atoms with Crippen LogP contribution < -0.4 is 0 Å². The molecule has 1 unspecified atom stereocenters. The molecule has 8 nitrogen and oxygen atoms in total. The summed E-state index contributed by atoms with van der Waals surface area (Å²) >= 11 is 5.78. The summed E-state index contributed by atoms with van der Waals surface area (Å²) < 4.78 is 25.4. The highest BCUT2D eigenvalue weighted by atomic mass is 35.5. The molecule has 0 aliphatic carbocycles. The standard InChI is InChI=1S/C11H13ClN2O6S/c1-3-9(11(15)16)13(2)21(19,20)10-6-7(14(17)18)4-5-8(10)12/h4-6,9H,3H2,1-2H3,(H,15,16). The van der Waals surface area contributed by atoms with Gasteiger partial charge in [-0.2, -0.15) is 4.31 Å². The van der Waals surface area contributed by atoms with Crippen molar-refractivity contribution < 1.29 is 23.2 Å². The largest absolute Gasteiger partial charge is 0.480 e. The molecule has 0 spiro atoms. The number of nitrogens with zero attached hydrogens (tertiary/aromatic N) is 2. The Morgan fingerprint density at radius 1 is 1.52 bits per heavy atom. The summed E-state index contributed by atoms with van der Waals surface area (Å²) in [6, 6.07) is 1.67. The first-order valence-electron chi connectivity index (χ1n) is 5.77. The third-order valence-corrected chi connectivity index (χ3v) is 5.24. The van der Waals surface area contributed by atoms with Crippen LogP contribution in [0.3, 0.4) is 0 Å². The van der Waals surface area contributed by atoms with Crippen LogP contribution >= 0.6 is 11.6 Å². The number of carboxylic acids is 1. The molecule has 0 radical (unpaired) electrons. The molecular weight excluding hydrogens is 324 g/mol. The van der Waals surface area contributed by atoms with Crippen LogP contribution in [0, 0.1) is 10.1 Å². The molecule has 1 aromatic carbocycles. The smallest absolute Gasteiger partial charge is 0.321 e. The van der Waals surface area contributed by atoms with Gasteiger partial charge in [0.05, 0.1) is 9.95 Å². The van der Waals surface area contributed by atoms with Crippen LogP contribution in [-0.4, -0.2) is 41.8 Å². The zero-order valence-corrected chi connectivity index (χ0v) is 12.8. The molecule has 10 heteroatoms. The van der Waals surface area contributed by atoms with Gasteiger partial charge in [-0.15, -0.1) is 0 Å². The fourth-order valence-corrected chi connectivity index (χ4v) is 3.59. The number of nitro groups is 1. The normalized spacial score (nSPS) is 13.1. The van der Waals surface area contributed by atoms with E-state index in [1.165, 1.54) is 6.92 Å². The monoisotopic (exact) mass is 336 g/mol. The average molecular weight is 337 g/mol. The summed E-state index contributed by atoms with van der Waals surface area (Å²) in [4.78, 5) is 20.5. The minimum Gasteiger partial charge on any atom is -0.480 e. The van der Waals surface area contributed by atoms with E-state index in [1.54, 1.807) is 0 Å². The molecule has 0 aliphatic rings. The third kappa shape index (κ3) is 3.49. The number of aliphatic carboxylic acids is 1. The Hall–Kier alpha value is -1.71. The summed E-state index contributed by atoms with van der Waals surface area (Å²) in [5.41, 5.74) is -0.449. The molecule has 0 aromatic heterocycles. The lowest BCUT2D eigenvalue weighted by Gasteiger charge is -2.23. The van der Waals surface area contributed by atoms with Crippen molar-refractivity contribution in [1.82, 2.24) is 4.31 Å². The Bertz CT molecular complexity index is 675. The van der Waals surface area contributed by atoms with Crippen LogP contribution in [0.1, 0.15) is 13.3 Å². The molecule has 1 atom stereocenters. The summed E-state index contributed by atoms with van der Waals surface area (Å²) in [6.07, 6.45) is 0.0393. The summed E-state index contributed by atoms with van der Waals surface area (Å²) in [5.74, 6) is -1.31. The Morgan fingerprint density at radius 3 is 2.52 bits per heavy atom. The molecule has 0 fully saturated rings. The molecular formula is C11H13ClN2O6S. The molecule has 1 aromatic rings. The molecule has 0 aliphatic heterocycles. The number of benzene rings is 1. The highest BCUT2D eigenvalue weighted by Gasteiger charge is 2.33. The van der Waals surface area contributed by atoms with Crippen molar-refractivity contribution in [2.45, 2.75) is 24.3 Å². The Balaban J connectivity index is 3.40. The molecule has 21 heavy (non-hydrogen) atoms. The predicted octanol–water partition coefficient (Wildman–Crippen LogP) is 1.73. The van der Waals surface area contributed by atoms with Crippen LogP contribution in [0.4, 0.5) is 5.69 Å². The molecule has 0 saturated heterocycles. The van der Waals surface area contributed by atoms with Gasteiger partial charge in [-0.25, -0.2) is 8.42 Å². The second-order valence-electron chi connectivity index (χ2n) is 4.16. The fraction of sp³-hybridized carbons (Fsp3) is 0.364. The number of non-ortho nitro benzene ring substituents is 1. The number of halogens is 1. The highest BCUT2D eigenvalue weighted by Crippen LogP contribution is 2.29. The maximum Gasteiger partial charge on any atom is 0.321 e. The predicted molar refractivity (Wildman–Crippen MR) is 74.8 cm³/mol. The molecule has 116 valence electrons. The number of sulfonamides is 1. The van der Waals surface area contributed by atoms with E-state index in [0.29, 0.717) is 4.31 Å². The van der Waals surface area contributed by atoms with Crippen molar-refractivity contribution >= 4 is 33.3 Å². The average Bonchev–Trinajstić information content (AvgIpc) is 2.38. The molecule has 1 rings (SSSR count). The Kier molecular flexibility index (Phi) is 5.26. The molecule has 1 N–H and O–H groups in total. The van der Waals surface area contributed by atoms with Gasteiger partial charge in [-0.05, 0) is 12.5 Å². The van der Waals surface area contributed by atoms with Crippen LogP contribution in [0.5, 0.6) is 0 Å². The Morgan fingerprint density at radius 2 is 2.10 bits per heavy atom. The van der Waals surface area contributed by atoms with Crippen molar-refractivity contribution in [3.05, 3.63) is 33.3 Å². The number of likely N-dealkylation sites (N-methyl/N-ethyl adjacent to an activating group) is 1. The number of hydrogen-bond acceptors (Lipinski definition) is 5. The van der Waals surface area contributed by atoms with Gasteiger partial charge in [0.2, 0.25) is 10.0 Å². The van der Waals surface area contributed by atoms with Crippen LogP contribution in [0.15, 0.2) is 23.1 Å². The van der Waals surface area contributed by atoms with E-state index < -0.39 is 37.5 Å². The topological polar surface area (TPSA) is 118 Å². The van der Waals surface area contributed by atoms with Crippen LogP contribution in [-0.2, 0) is 14.8 Å². The van der Waals surface area contributed by atoms with Gasteiger partial charge in [0.25, 0.3) is 5.69 Å². The van der Waals surface area contributed by atoms with Gasteiger partial charge >= 0.3 is 5.97 Å². The van der Waals surface area contributed by atoms with E-state index in [-0.39, 0.29) is 11.4 Å². The van der Waals surface area contributed by atoms with E-state index in [4.69, 9.17) is 16.7 Å². The van der Waals surface area contributed by atoms with E-state index >= 15 is 0 Å². The van der Waals surface area contributed by atoms with Crippen molar-refractivity contribution in [3.8, 4) is 0 Å². The maximum absolute atomic E-state index is 12.4. The van der Waals surface area contributed by atoms with E-state index in [1.807, 2.05) is 0 Å². The third-order valence-electron chi connectivity index (χ3n) is 2.89. The molecule has 0 heterocycles. The van der Waals surface area contributed by atoms with Gasteiger partial charge in [-0.1, -0.05) is 18.5 Å². The van der Waals surface area contributed by atoms with Gasteiger partial charge in [0.1, 0.15) is 10.9 Å². The maximum atomic E-state index is 12.4. The fourth-order valence-electron chi connectivity index (χ4n) is 1.71. The summed E-state index contributed by atoms with van der Waals surface area (Å²) in [6.45, 7) is 1.51. The molecule has 0 saturated carbocycles. The molecule has 0 bridgehead atoms. The summed E-state index contributed by atoms with van der Waals surface area (Å²) in [5, 5.41) is 19.5. The van der Waals surface area contributed by atoms with Gasteiger partial charge in [-0.3, -0.25) is 14.9 Å². The van der Waals surface area contributed by atoms with Crippen molar-refractivity contribution in [1.29, 1.82) is 0 Å². The minimum absolute atomic E-state index is 0.0393. The zero-order chi connectivity index (χ0) is 16.4. The first-order valence-corrected chi connectivity index (χ1v) is 7.59. The lowest BCUT2D eigenvalue weighted by atomic mass is 10.2. The number of carbonyl (C=O) groups is 1. The number of nitro benzene ring substituents is 1. The van der Waals surface area contributed by atoms with Gasteiger partial charge < -0.3 is 5.11 Å². The quantitative estimate of drug-likeness (QED) is 0.624. The Labute approximate surface area is 126 Å². The van der Waals surface area contributed by atoms with E-state index in [2.05, 4.69) is 0 Å². The lowest BCUT2D eigenvalue weighted by Crippen LogP contribution is -2.41. The van der Waals surface area contributed by atoms with Gasteiger partial charge in [0, 0.05) is 19.2 Å². The number of carboxylic acid groups (broad SMARTS) is 1. The number of rotatable bonds is 6. The first kappa shape index (κ1) is 17.3. The second-order valence-corrected chi connectivity index (χ2v) is 6.53. The van der Waals surface area contributed by atoms with Crippen molar-refractivity contribution in [2.24, 2.45) is 0 Å². The van der Waals surface area contributed by atoms with Crippen LogP contribution in [0.25, 0.3) is 0 Å². The second kappa shape index (κ2) is 6.37. The van der Waals surface area contributed by atoms with Gasteiger partial charge in [0.15, 0.2) is 0 Å². The van der Waals surface area contributed by atoms with Crippen molar-refractivity contribution in [3.63, 3.8) is 0 Å². The first-order chi connectivity index (χ1) is 9.62. The minimum atomic E-state index is -4.27. The van der Waals surface area contributed by atoms with E-state index in [0.717, 1.165) is 25.2 Å². The van der Waals surface area contributed by atoms with E-state index in [9.17, 15) is 23.3 Å². The van der Waals surface area contributed by atoms with Crippen molar-refractivity contribution in [2.75, 3.05) is 7.05 Å². The SMILES string of the molecule is CCC(C(=O)O)N(C)S(=O)(=O)c1cc([N+](=O)[O-])ccc1Cl. The zero-order valence-electron chi connectivity index (χ0n) is 11.2. The van der Waals surface area contributed by atoms with Crippen LogP contribution in [0.2, 0.25) is 5.02 Å². The number of hydrogen-bond donors (Lipinski definition) is 1. The summed E-state index contributed by atoms with van der Waals surface area (Å²) in [7, 11) is -3.18. The highest BCUT2D eigenvalue weighted by molar-refractivity contribution is 7.89. The molecule has 0 amide bonds.